The second kappa shape index (κ2) is 7.13. The smallest absolute Gasteiger partial charge is 0.341 e. The number of carboxylic acid groups (broad SMARTS) is 2. The van der Waals surface area contributed by atoms with Crippen molar-refractivity contribution in [1.82, 2.24) is 5.32 Å². The Kier molecular flexibility index (Phi) is 5.52. The van der Waals surface area contributed by atoms with Gasteiger partial charge in [0.2, 0.25) is 5.91 Å². The third-order valence-corrected chi connectivity index (χ3v) is 2.40. The van der Waals surface area contributed by atoms with Crippen molar-refractivity contribution in [3.05, 3.63) is 29.8 Å². The van der Waals surface area contributed by atoms with Gasteiger partial charge >= 0.3 is 11.9 Å². The molecule has 0 aromatic heterocycles. The molecule has 108 valence electrons. The number of hydrogen-bond acceptors (Lipinski definition) is 4. The minimum Gasteiger partial charge on any atom is -0.482 e. The third kappa shape index (κ3) is 5.38. The van der Waals surface area contributed by atoms with Crippen LogP contribution >= 0.6 is 0 Å². The molecule has 0 bridgehead atoms. The number of benzene rings is 1. The first-order valence-corrected chi connectivity index (χ1v) is 5.82. The average molecular weight is 281 g/mol. The van der Waals surface area contributed by atoms with E-state index in [1.54, 1.807) is 24.3 Å². The van der Waals surface area contributed by atoms with Gasteiger partial charge in [0.25, 0.3) is 0 Å². The Bertz CT molecular complexity index is 496. The Balaban J connectivity index is 2.65. The maximum Gasteiger partial charge on any atom is 0.341 e. The number of carboxylic acids is 2. The number of carbonyl (C=O) groups excluding carboxylic acids is 1. The summed E-state index contributed by atoms with van der Waals surface area (Å²) in [6.45, 7) is 0.807. The second-order valence-corrected chi connectivity index (χ2v) is 4.12. The summed E-state index contributed by atoms with van der Waals surface area (Å²) < 4.78 is 4.95. The number of aliphatic carboxylic acids is 2. The maximum atomic E-state index is 11.0. The normalized spacial score (nSPS) is 11.4. The first-order chi connectivity index (χ1) is 9.38. The zero-order valence-electron chi connectivity index (χ0n) is 10.8. The molecule has 7 heteroatoms. The number of nitrogens with one attached hydrogen (secondary N) is 1. The van der Waals surface area contributed by atoms with Crippen LogP contribution in [0, 0.1) is 0 Å². The molecule has 3 N–H and O–H groups in total. The Hall–Kier alpha value is -2.57. The van der Waals surface area contributed by atoms with Gasteiger partial charge in [0.15, 0.2) is 6.61 Å². The third-order valence-electron chi connectivity index (χ3n) is 2.40. The van der Waals surface area contributed by atoms with Crippen LogP contribution < -0.4 is 10.1 Å². The van der Waals surface area contributed by atoms with Gasteiger partial charge in [-0.3, -0.25) is 4.79 Å². The van der Waals surface area contributed by atoms with Crippen molar-refractivity contribution in [3.63, 3.8) is 0 Å². The van der Waals surface area contributed by atoms with E-state index in [-0.39, 0.29) is 6.42 Å². The van der Waals surface area contributed by atoms with Gasteiger partial charge < -0.3 is 20.3 Å². The Morgan fingerprint density at radius 3 is 2.25 bits per heavy atom. The SMILES string of the molecule is CC(=O)N[C@@H](Cc1ccc(OCC(=O)O)cc1)C(=O)O. The molecule has 20 heavy (non-hydrogen) atoms. The van der Waals surface area contributed by atoms with E-state index in [0.717, 1.165) is 0 Å². The van der Waals surface area contributed by atoms with Crippen molar-refractivity contribution in [1.29, 1.82) is 0 Å². The highest BCUT2D eigenvalue weighted by atomic mass is 16.5. The van der Waals surface area contributed by atoms with Gasteiger partial charge in [-0.2, -0.15) is 0 Å². The fourth-order valence-electron chi connectivity index (χ4n) is 1.55. The Morgan fingerprint density at radius 2 is 1.80 bits per heavy atom. The molecule has 0 aliphatic rings. The maximum absolute atomic E-state index is 11.0. The number of carbonyl (C=O) groups is 3. The molecule has 0 heterocycles. The van der Waals surface area contributed by atoms with Crippen LogP contribution in [0.4, 0.5) is 0 Å². The molecular formula is C13H15NO6. The number of rotatable bonds is 7. The van der Waals surface area contributed by atoms with Crippen LogP contribution in [0.1, 0.15) is 12.5 Å². The molecule has 1 rings (SSSR count). The Labute approximate surface area is 115 Å². The summed E-state index contributed by atoms with van der Waals surface area (Å²) in [5, 5.41) is 19.8. The summed E-state index contributed by atoms with van der Waals surface area (Å²) >= 11 is 0. The van der Waals surface area contributed by atoms with E-state index in [1.165, 1.54) is 6.92 Å². The van der Waals surface area contributed by atoms with Gasteiger partial charge in [0, 0.05) is 13.3 Å². The van der Waals surface area contributed by atoms with Gasteiger partial charge in [0.05, 0.1) is 0 Å². The molecule has 1 atom stereocenters. The summed E-state index contributed by atoms with van der Waals surface area (Å²) in [6.07, 6.45) is 0.133. The highest BCUT2D eigenvalue weighted by Gasteiger charge is 2.18. The van der Waals surface area contributed by atoms with Crippen molar-refractivity contribution in [2.24, 2.45) is 0 Å². The number of ether oxygens (including phenoxy) is 1. The molecule has 1 amide bonds. The summed E-state index contributed by atoms with van der Waals surface area (Å²) in [4.78, 5) is 32.2. The van der Waals surface area contributed by atoms with Crippen molar-refractivity contribution < 1.29 is 29.3 Å². The van der Waals surface area contributed by atoms with Gasteiger partial charge in [0.1, 0.15) is 11.8 Å². The molecule has 1 aromatic rings. The predicted octanol–water partition coefficient (Wildman–Crippen LogP) is 0.282. The lowest BCUT2D eigenvalue weighted by molar-refractivity contribution is -0.141. The fourth-order valence-corrected chi connectivity index (χ4v) is 1.55. The zero-order chi connectivity index (χ0) is 15.1. The van der Waals surface area contributed by atoms with E-state index < -0.39 is 30.5 Å². The lowest BCUT2D eigenvalue weighted by atomic mass is 10.1. The molecule has 0 spiro atoms. The van der Waals surface area contributed by atoms with E-state index in [9.17, 15) is 14.4 Å². The van der Waals surface area contributed by atoms with Gasteiger partial charge in [-0.05, 0) is 17.7 Å². The molecule has 0 unspecified atom stereocenters. The standard InChI is InChI=1S/C13H15NO6/c1-8(15)14-11(13(18)19)6-9-2-4-10(5-3-9)20-7-12(16)17/h2-5,11H,6-7H2,1H3,(H,14,15)(H,16,17)(H,18,19)/t11-/m0/s1. The molecule has 0 saturated heterocycles. The van der Waals surface area contributed by atoms with E-state index in [4.69, 9.17) is 14.9 Å². The van der Waals surface area contributed by atoms with Gasteiger partial charge in [-0.15, -0.1) is 0 Å². The van der Waals surface area contributed by atoms with Crippen LogP contribution in [0.2, 0.25) is 0 Å². The number of amides is 1. The minimum absolute atomic E-state index is 0.133. The molecule has 0 aliphatic carbocycles. The molecule has 0 saturated carbocycles. The molecule has 0 radical (unpaired) electrons. The number of hydrogen-bond donors (Lipinski definition) is 3. The van der Waals surface area contributed by atoms with Gasteiger partial charge in [-0.25, -0.2) is 9.59 Å². The van der Waals surface area contributed by atoms with Crippen LogP contribution in [0.5, 0.6) is 5.75 Å². The van der Waals surface area contributed by atoms with Crippen LogP contribution in [-0.2, 0) is 20.8 Å². The summed E-state index contributed by atoms with van der Waals surface area (Å²) in [6, 6.07) is 5.33. The summed E-state index contributed by atoms with van der Waals surface area (Å²) in [5.74, 6) is -2.24. The lowest BCUT2D eigenvalue weighted by Gasteiger charge is -2.13. The molecule has 0 fully saturated rings. The van der Waals surface area contributed by atoms with Crippen LogP contribution in [0.15, 0.2) is 24.3 Å². The van der Waals surface area contributed by atoms with Crippen molar-refractivity contribution in [2.45, 2.75) is 19.4 Å². The van der Waals surface area contributed by atoms with E-state index in [0.29, 0.717) is 11.3 Å². The summed E-state index contributed by atoms with van der Waals surface area (Å²) in [5.41, 5.74) is 0.689. The zero-order valence-corrected chi connectivity index (χ0v) is 10.8. The first kappa shape index (κ1) is 15.5. The second-order valence-electron chi connectivity index (χ2n) is 4.12. The molecule has 7 nitrogen and oxygen atoms in total. The van der Waals surface area contributed by atoms with Crippen LogP contribution in [-0.4, -0.2) is 40.7 Å². The van der Waals surface area contributed by atoms with Crippen LogP contribution in [0.3, 0.4) is 0 Å². The van der Waals surface area contributed by atoms with E-state index in [2.05, 4.69) is 5.32 Å². The lowest BCUT2D eigenvalue weighted by Crippen LogP contribution is -2.41. The van der Waals surface area contributed by atoms with E-state index >= 15 is 0 Å². The molecule has 1 aromatic carbocycles. The fraction of sp³-hybridized carbons (Fsp3) is 0.308. The average Bonchev–Trinajstić information content (AvgIpc) is 2.36. The quantitative estimate of drug-likeness (QED) is 0.661. The Morgan fingerprint density at radius 1 is 1.20 bits per heavy atom. The van der Waals surface area contributed by atoms with Crippen molar-refractivity contribution in [2.75, 3.05) is 6.61 Å². The first-order valence-electron chi connectivity index (χ1n) is 5.82. The topological polar surface area (TPSA) is 113 Å². The molecular weight excluding hydrogens is 266 g/mol. The van der Waals surface area contributed by atoms with Crippen molar-refractivity contribution >= 4 is 17.8 Å². The largest absolute Gasteiger partial charge is 0.482 e. The monoisotopic (exact) mass is 281 g/mol. The predicted molar refractivity (Wildman–Crippen MR) is 68.5 cm³/mol. The van der Waals surface area contributed by atoms with Crippen molar-refractivity contribution in [3.8, 4) is 5.75 Å². The summed E-state index contributed by atoms with van der Waals surface area (Å²) in [7, 11) is 0. The van der Waals surface area contributed by atoms with Crippen LogP contribution in [0.25, 0.3) is 0 Å². The minimum atomic E-state index is -1.12. The van der Waals surface area contributed by atoms with Gasteiger partial charge in [-0.1, -0.05) is 12.1 Å². The highest BCUT2D eigenvalue weighted by Crippen LogP contribution is 2.13. The van der Waals surface area contributed by atoms with E-state index in [1.807, 2.05) is 0 Å². The molecule has 0 aliphatic heterocycles. The highest BCUT2D eigenvalue weighted by molar-refractivity contribution is 5.82.